The highest BCUT2D eigenvalue weighted by Gasteiger charge is 2.72. The molecule has 11 heteroatoms. The minimum Gasteiger partial charge on any atom is -0.432 e. The number of fused-ring (bicyclic) bond motifs is 7. The van der Waals surface area contributed by atoms with Crippen molar-refractivity contribution >= 4 is 5.97 Å². The van der Waals surface area contributed by atoms with Crippen LogP contribution < -0.4 is 0 Å². The van der Waals surface area contributed by atoms with Crippen molar-refractivity contribution in [3.63, 3.8) is 0 Å². The van der Waals surface area contributed by atoms with Crippen LogP contribution in [0.3, 0.4) is 0 Å². The van der Waals surface area contributed by atoms with Crippen molar-refractivity contribution in [2.24, 2.45) is 50.7 Å². The Morgan fingerprint density at radius 2 is 1.60 bits per heavy atom. The number of allylic oxidation sites excluding steroid dienone is 1. The summed E-state index contributed by atoms with van der Waals surface area (Å²) in [5, 5.41) is 86.2. The van der Waals surface area contributed by atoms with Crippen molar-refractivity contribution in [1.29, 1.82) is 0 Å². The van der Waals surface area contributed by atoms with Gasteiger partial charge in [0.25, 0.3) is 0 Å². The maximum absolute atomic E-state index is 14.5. The lowest BCUT2D eigenvalue weighted by molar-refractivity contribution is -0.299. The fourth-order valence-electron chi connectivity index (χ4n) is 12.4. The van der Waals surface area contributed by atoms with Gasteiger partial charge in [-0.15, -0.1) is 0 Å². The summed E-state index contributed by atoms with van der Waals surface area (Å²) in [6.45, 7) is 11.6. The molecule has 1 saturated heterocycles. The molecule has 0 spiro atoms. The van der Waals surface area contributed by atoms with Crippen molar-refractivity contribution < 1.29 is 55.1 Å². The molecule has 4 saturated carbocycles. The van der Waals surface area contributed by atoms with Gasteiger partial charge in [-0.2, -0.15) is 0 Å². The van der Waals surface area contributed by atoms with Gasteiger partial charge in [0.2, 0.25) is 6.29 Å². The Morgan fingerprint density at radius 3 is 2.23 bits per heavy atom. The highest BCUT2D eigenvalue weighted by Crippen LogP contribution is 2.76. The lowest BCUT2D eigenvalue weighted by Gasteiger charge is -2.72. The van der Waals surface area contributed by atoms with E-state index in [2.05, 4.69) is 26.8 Å². The van der Waals surface area contributed by atoms with Crippen LogP contribution in [0.2, 0.25) is 0 Å². The summed E-state index contributed by atoms with van der Waals surface area (Å²) in [6, 6.07) is 0. The summed E-state index contributed by atoms with van der Waals surface area (Å²) in [6.07, 6.45) is -2.75. The Kier molecular flexibility index (Phi) is 8.68. The van der Waals surface area contributed by atoms with Gasteiger partial charge >= 0.3 is 5.97 Å². The number of aliphatic hydroxyl groups is 8. The van der Waals surface area contributed by atoms with E-state index in [9.17, 15) is 45.6 Å². The van der Waals surface area contributed by atoms with Crippen LogP contribution in [0.4, 0.5) is 0 Å². The fourth-order valence-corrected chi connectivity index (χ4v) is 12.4. The highest BCUT2D eigenvalue weighted by molar-refractivity contribution is 5.79. The van der Waals surface area contributed by atoms with Gasteiger partial charge in [-0.25, -0.2) is 0 Å². The molecule has 6 aliphatic rings. The van der Waals surface area contributed by atoms with Gasteiger partial charge < -0.3 is 50.3 Å². The lowest BCUT2D eigenvalue weighted by atomic mass is 9.33. The van der Waals surface area contributed by atoms with Crippen LogP contribution in [0.1, 0.15) is 92.9 Å². The fraction of sp³-hybridized carbons (Fsp3) is 0.917. The Balaban J connectivity index is 1.40. The Morgan fingerprint density at radius 1 is 0.915 bits per heavy atom. The van der Waals surface area contributed by atoms with Crippen LogP contribution in [-0.4, -0.2) is 109 Å². The van der Waals surface area contributed by atoms with Crippen molar-refractivity contribution in [3.8, 4) is 0 Å². The van der Waals surface area contributed by atoms with E-state index >= 15 is 0 Å². The SMILES string of the molecule is C[C@@H]1CC[C@]2(C(=O)O[C@@H]3O[C@H](CO)[C@@H](O)[C@H](O)[C@H]3O)CC[C@]3(C)C(=CCC4[C@@]5(C)C[C@@H](O)[C@H](O)[C@@](C)(CO)C5CC[C@]43C)C2[C@]1(C)O. The number of carbonyl (C=O) groups is 1. The molecular weight excluding hydrogens is 608 g/mol. The van der Waals surface area contributed by atoms with Gasteiger partial charge in [-0.05, 0) is 92.3 Å². The van der Waals surface area contributed by atoms with E-state index in [1.807, 2.05) is 20.8 Å². The third-order valence-corrected chi connectivity index (χ3v) is 15.6. The Bertz CT molecular complexity index is 1270. The minimum atomic E-state index is -1.72. The average Bonchev–Trinajstić information content (AvgIpc) is 3.02. The number of carbonyl (C=O) groups excluding carboxylic acids is 1. The number of esters is 1. The molecule has 0 aromatic carbocycles. The molecule has 47 heavy (non-hydrogen) atoms. The normalized spacial score (nSPS) is 57.5. The van der Waals surface area contributed by atoms with E-state index < -0.39 is 83.3 Å². The second-order valence-electron chi connectivity index (χ2n) is 17.5. The van der Waals surface area contributed by atoms with E-state index in [-0.39, 0.29) is 35.2 Å². The predicted octanol–water partition coefficient (Wildman–Crippen LogP) is 1.41. The quantitative estimate of drug-likeness (QED) is 0.160. The number of rotatable bonds is 4. The molecule has 17 atom stereocenters. The first kappa shape index (κ1) is 35.7. The van der Waals surface area contributed by atoms with E-state index in [1.165, 1.54) is 0 Å². The first-order valence-corrected chi connectivity index (χ1v) is 17.7. The molecule has 5 aliphatic carbocycles. The third kappa shape index (κ3) is 4.60. The molecule has 0 radical (unpaired) electrons. The molecule has 1 aliphatic heterocycles. The molecule has 3 unspecified atom stereocenters. The number of hydrogen-bond acceptors (Lipinski definition) is 11. The largest absolute Gasteiger partial charge is 0.432 e. The van der Waals surface area contributed by atoms with Crippen molar-refractivity contribution in [1.82, 2.24) is 0 Å². The molecule has 5 fully saturated rings. The maximum atomic E-state index is 14.5. The summed E-state index contributed by atoms with van der Waals surface area (Å²) in [5.74, 6) is -1.23. The van der Waals surface area contributed by atoms with Gasteiger partial charge in [0, 0.05) is 11.3 Å². The standard InChI is InChI=1S/C36H58O11/c1-18-9-12-36(30(44)47-29-26(42)25(41)24(40)21(16-37)46-29)14-13-33(4)19(27(36)35(18,6)45)7-8-23-31(2)15-20(39)28(43)32(3,17-38)22(31)10-11-34(23,33)5/h7,18,20-29,37-43,45H,8-17H2,1-6H3/t18-,20-,21-,22?,23?,24-,25+,26-,27?,28+,29+,31+,32+,33-,34-,35-,36+/m1/s1. The number of aliphatic hydroxyl groups excluding tert-OH is 7. The summed E-state index contributed by atoms with van der Waals surface area (Å²) in [4.78, 5) is 14.5. The molecular formula is C36H58O11. The van der Waals surface area contributed by atoms with Crippen LogP contribution in [0.15, 0.2) is 11.6 Å². The third-order valence-electron chi connectivity index (χ3n) is 15.6. The van der Waals surface area contributed by atoms with Crippen LogP contribution in [0.5, 0.6) is 0 Å². The zero-order valence-electron chi connectivity index (χ0n) is 28.8. The van der Waals surface area contributed by atoms with Crippen LogP contribution in [-0.2, 0) is 14.3 Å². The summed E-state index contributed by atoms with van der Waals surface area (Å²) >= 11 is 0. The zero-order chi connectivity index (χ0) is 34.7. The molecule has 0 bridgehead atoms. The average molecular weight is 667 g/mol. The molecule has 0 amide bonds. The zero-order valence-corrected chi connectivity index (χ0v) is 28.8. The Labute approximate surface area is 278 Å². The molecule has 8 N–H and O–H groups in total. The van der Waals surface area contributed by atoms with E-state index in [0.717, 1.165) is 18.4 Å². The molecule has 268 valence electrons. The number of ether oxygens (including phenoxy) is 2. The van der Waals surface area contributed by atoms with Gasteiger partial charge in [-0.1, -0.05) is 46.3 Å². The molecule has 11 nitrogen and oxygen atoms in total. The van der Waals surface area contributed by atoms with Crippen molar-refractivity contribution in [3.05, 3.63) is 11.6 Å². The van der Waals surface area contributed by atoms with E-state index in [1.54, 1.807) is 0 Å². The van der Waals surface area contributed by atoms with Gasteiger partial charge in [0.1, 0.15) is 24.4 Å². The van der Waals surface area contributed by atoms with Crippen molar-refractivity contribution in [2.75, 3.05) is 13.2 Å². The molecule has 1 heterocycles. The summed E-state index contributed by atoms with van der Waals surface area (Å²) in [7, 11) is 0. The summed E-state index contributed by atoms with van der Waals surface area (Å²) < 4.78 is 11.4. The van der Waals surface area contributed by atoms with E-state index in [0.29, 0.717) is 38.5 Å². The van der Waals surface area contributed by atoms with Crippen LogP contribution >= 0.6 is 0 Å². The second-order valence-corrected chi connectivity index (χ2v) is 17.5. The van der Waals surface area contributed by atoms with E-state index in [4.69, 9.17) is 9.47 Å². The highest BCUT2D eigenvalue weighted by atomic mass is 16.7. The predicted molar refractivity (Wildman–Crippen MR) is 169 cm³/mol. The minimum absolute atomic E-state index is 0.00373. The monoisotopic (exact) mass is 666 g/mol. The molecule has 0 aromatic heterocycles. The van der Waals surface area contributed by atoms with Gasteiger partial charge in [0.15, 0.2) is 0 Å². The van der Waals surface area contributed by atoms with Crippen LogP contribution in [0, 0.1) is 50.7 Å². The smallest absolute Gasteiger partial charge is 0.315 e. The maximum Gasteiger partial charge on any atom is 0.315 e. The Hall–Kier alpha value is -1.15. The van der Waals surface area contributed by atoms with Gasteiger partial charge in [-0.3, -0.25) is 4.79 Å². The topological polar surface area (TPSA) is 197 Å². The number of hydrogen-bond donors (Lipinski definition) is 8. The lowest BCUT2D eigenvalue weighted by Crippen LogP contribution is -2.69. The molecule has 6 rings (SSSR count). The molecule has 0 aromatic rings. The summed E-state index contributed by atoms with van der Waals surface area (Å²) in [5.41, 5.74) is -3.27. The second kappa shape index (κ2) is 11.4. The first-order valence-electron chi connectivity index (χ1n) is 17.7. The van der Waals surface area contributed by atoms with Crippen LogP contribution in [0.25, 0.3) is 0 Å². The van der Waals surface area contributed by atoms with Crippen molar-refractivity contribution in [2.45, 2.75) is 141 Å². The van der Waals surface area contributed by atoms with Gasteiger partial charge in [0.05, 0.1) is 36.4 Å². The first-order chi connectivity index (χ1) is 21.8.